The minimum atomic E-state index is -0.382. The Bertz CT molecular complexity index is 6060. The van der Waals surface area contributed by atoms with Gasteiger partial charge < -0.3 is 113 Å². The molecule has 6 atom stereocenters. The van der Waals surface area contributed by atoms with Crippen LogP contribution in [-0.4, -0.2) is 274 Å². The number of likely N-dealkylation sites (tertiary alicyclic amines) is 2. The molecule has 0 radical (unpaired) electrons. The normalized spacial score (nSPS) is 17.1. The molecule has 33 heteroatoms. The summed E-state index contributed by atoms with van der Waals surface area (Å²) in [4.78, 5) is 130. The van der Waals surface area contributed by atoms with Gasteiger partial charge in [0.1, 0.15) is 107 Å². The lowest BCUT2D eigenvalue weighted by Gasteiger charge is -2.38. The van der Waals surface area contributed by atoms with E-state index in [1.165, 1.54) is 86.0 Å². The van der Waals surface area contributed by atoms with E-state index in [2.05, 4.69) is 13.2 Å². The third-order valence-electron chi connectivity index (χ3n) is 24.1. The van der Waals surface area contributed by atoms with E-state index in [1.807, 2.05) is 37.3 Å². The first-order valence-corrected chi connectivity index (χ1v) is 45.0. The molecule has 0 aliphatic carbocycles. The number of hydrogen-bond donors (Lipinski definition) is 9. The molecule has 5 amide bonds. The van der Waals surface area contributed by atoms with Crippen LogP contribution in [0.4, 0.5) is 0 Å². The van der Waals surface area contributed by atoms with Crippen molar-refractivity contribution in [3.63, 3.8) is 0 Å². The molecule has 730 valence electrons. The molecule has 5 aliphatic rings. The number of phenols is 9. The van der Waals surface area contributed by atoms with Gasteiger partial charge in [-0.1, -0.05) is 92.0 Å². The van der Waals surface area contributed by atoms with Crippen molar-refractivity contribution in [3.05, 3.63) is 279 Å². The maximum atomic E-state index is 13.2. The standard InChI is InChI=1S/C23H25NO6.C21H23NO6.C21H23NO5.C21H21NO5.C20H21NO6/c1-3-16-19(26)8-6-9-20(16)30-14-15-7-4-5-12-24(15)23(28)17-10-11-21(29-2)22(27)18(17)13-25;1-13-9-22(21(26)16-5-3-7-19(25)17(16)10-23)15(11-27-13)12-28-20-8-4-6-18(24)14(20)2;1-14-18(24)8-3-9-19(14)27-13-15-5-4-10-22(11-15)21(26)17-7-2-6-16(12-23)20(17)25;1-2-15-6-3-4-9-20(15)27-14-16-13-26-11-10-22(16)21(25)17-7-5-8-19(24)18(17)12-23;1-13-17(23)5-3-7-19(13)27-12-14-10-21(8-9-26-14)20(25)15-4-2-6-18(24)16(15)11-22/h3,6,8-11,13,15,26-27H,1,4-5,7,12,14H2,2H3;3-8,10,13,15,24-25H,9,11-12H2,1-2H3;2-3,6-9,12,15,24-25H,4-5,10-11,13H2,1H3;2-9,12,16,24H,1,10-11,13-14H2;2-7,11,14,23-24H,8-10,12H2,1H3/t15-;;15-;16-;14-/m0.101/s1. The van der Waals surface area contributed by atoms with Crippen LogP contribution in [-0.2, 0) is 14.2 Å². The van der Waals surface area contributed by atoms with Gasteiger partial charge in [0.15, 0.2) is 42.9 Å². The molecule has 5 saturated heterocycles. The van der Waals surface area contributed by atoms with Gasteiger partial charge in [-0.3, -0.25) is 47.9 Å². The van der Waals surface area contributed by atoms with Crippen molar-refractivity contribution < 1.29 is 137 Å². The number of para-hydroxylation sites is 2. The summed E-state index contributed by atoms with van der Waals surface area (Å²) in [5, 5.41) is 89.2. The Labute approximate surface area is 803 Å². The second-order valence-corrected chi connectivity index (χ2v) is 33.2. The number of morpholine rings is 3. The van der Waals surface area contributed by atoms with Gasteiger partial charge in [-0.15, -0.1) is 0 Å². The SMILES string of the molecule is C=Cc1c(O)cccc1OC[C@@H]1CCCCN1C(=O)c1ccc(OC)c(O)c1C=O.C=Cc1ccccc1OC[C@@H]1COCCN1C(=O)c1cccc(O)c1C=O.Cc1c(O)cccc1OCC1COC(C)CN1C(=O)c1cccc(O)c1C=O.Cc1c(O)cccc1OC[C@@H]1CCCN(C(=O)c2cccc(C=O)c2O)C1.Cc1c(O)cccc1OC[C@H]1CN(C(=O)c2cccc(O)c2C=O)CCO1. The number of amides is 5. The highest BCUT2D eigenvalue weighted by atomic mass is 16.5. The minimum Gasteiger partial charge on any atom is -0.508 e. The van der Waals surface area contributed by atoms with Gasteiger partial charge in [0, 0.05) is 67.4 Å². The number of phenolic OH excluding ortho intramolecular Hbond substituents is 9. The second kappa shape index (κ2) is 50.2. The van der Waals surface area contributed by atoms with Crippen LogP contribution >= 0.6 is 0 Å². The Morgan fingerprint density at radius 3 is 1.37 bits per heavy atom. The number of nitrogens with zero attached hydrogens (tertiary/aromatic N) is 5. The van der Waals surface area contributed by atoms with Crippen molar-refractivity contribution in [1.82, 2.24) is 24.5 Å². The molecule has 0 spiro atoms. The number of methoxy groups -OCH3 is 1. The smallest absolute Gasteiger partial charge is 0.257 e. The monoisotopic (exact) mass is 1900 g/mol. The van der Waals surface area contributed by atoms with E-state index in [0.29, 0.717) is 155 Å². The van der Waals surface area contributed by atoms with Gasteiger partial charge >= 0.3 is 0 Å². The molecule has 9 N–H and O–H groups in total. The third-order valence-corrected chi connectivity index (χ3v) is 24.1. The van der Waals surface area contributed by atoms with Crippen molar-refractivity contribution in [3.8, 4) is 86.2 Å². The molecule has 139 heavy (non-hydrogen) atoms. The summed E-state index contributed by atoms with van der Waals surface area (Å²) in [6.07, 6.45) is 9.47. The highest BCUT2D eigenvalue weighted by molar-refractivity contribution is 6.06. The summed E-state index contributed by atoms with van der Waals surface area (Å²) in [7, 11) is 1.38. The van der Waals surface area contributed by atoms with Crippen LogP contribution in [0, 0.1) is 26.7 Å². The summed E-state index contributed by atoms with van der Waals surface area (Å²) in [5.41, 5.74) is 4.00. The molecule has 2 unspecified atom stereocenters. The number of aldehydes is 5. The first-order chi connectivity index (χ1) is 67.1. The Morgan fingerprint density at radius 1 is 0.360 bits per heavy atom. The summed E-state index contributed by atoms with van der Waals surface area (Å²) >= 11 is 0. The van der Waals surface area contributed by atoms with Crippen LogP contribution in [0.25, 0.3) is 12.2 Å². The highest BCUT2D eigenvalue weighted by Crippen LogP contribution is 2.38. The molecule has 10 aromatic carbocycles. The van der Waals surface area contributed by atoms with Crippen molar-refractivity contribution in [2.45, 2.75) is 90.1 Å². The molecular formula is C106H113N5O28. The largest absolute Gasteiger partial charge is 0.508 e. The number of benzene rings is 10. The molecule has 5 aliphatic heterocycles. The van der Waals surface area contributed by atoms with Crippen LogP contribution in [0.5, 0.6) is 86.2 Å². The lowest BCUT2D eigenvalue weighted by Crippen LogP contribution is -2.54. The number of carbonyl (C=O) groups excluding carboxylic acids is 10. The quantitative estimate of drug-likeness (QED) is 0.0206. The van der Waals surface area contributed by atoms with E-state index < -0.39 is 0 Å². The van der Waals surface area contributed by atoms with E-state index in [9.17, 15) is 93.9 Å². The predicted octanol–water partition coefficient (Wildman–Crippen LogP) is 14.2. The number of piperidine rings is 2. The molecule has 15 rings (SSSR count). The van der Waals surface area contributed by atoms with Crippen LogP contribution in [0.1, 0.15) is 170 Å². The average molecular weight is 1910 g/mol. The van der Waals surface area contributed by atoms with Crippen molar-refractivity contribution in [1.29, 1.82) is 0 Å². The van der Waals surface area contributed by atoms with Gasteiger partial charge in [-0.2, -0.15) is 0 Å². The summed E-state index contributed by atoms with van der Waals surface area (Å²) in [6.45, 7) is 20.3. The molecule has 0 aromatic heterocycles. The van der Waals surface area contributed by atoms with E-state index in [0.717, 1.165) is 37.7 Å². The van der Waals surface area contributed by atoms with Crippen LogP contribution < -0.4 is 28.4 Å². The molecular weight excluding hydrogens is 1790 g/mol. The second-order valence-electron chi connectivity index (χ2n) is 33.2. The van der Waals surface area contributed by atoms with Crippen LogP contribution in [0.3, 0.4) is 0 Å². The number of carbonyl (C=O) groups is 10. The fourth-order valence-corrected chi connectivity index (χ4v) is 16.3. The van der Waals surface area contributed by atoms with E-state index in [-0.39, 0.29) is 212 Å². The fourth-order valence-electron chi connectivity index (χ4n) is 16.3. The molecule has 0 bridgehead atoms. The Balaban J connectivity index is 0.000000166. The van der Waals surface area contributed by atoms with Gasteiger partial charge in [0.2, 0.25) is 0 Å². The van der Waals surface area contributed by atoms with Crippen molar-refractivity contribution in [2.24, 2.45) is 5.92 Å². The molecule has 0 saturated carbocycles. The maximum absolute atomic E-state index is 13.2. The fraction of sp³-hybridized carbons (Fsp3) is 0.302. The van der Waals surface area contributed by atoms with Gasteiger partial charge in [0.25, 0.3) is 29.5 Å². The summed E-state index contributed by atoms with van der Waals surface area (Å²) in [6, 6.07) is 47.6. The molecule has 5 fully saturated rings. The zero-order valence-electron chi connectivity index (χ0n) is 77.6. The molecule has 33 nitrogen and oxygen atoms in total. The van der Waals surface area contributed by atoms with Gasteiger partial charge in [-0.05, 0) is 175 Å². The topological polar surface area (TPSA) is 452 Å². The zero-order chi connectivity index (χ0) is 99.9. The first-order valence-electron chi connectivity index (χ1n) is 45.0. The Morgan fingerprint density at radius 2 is 0.806 bits per heavy atom. The number of ether oxygens (including phenoxy) is 9. The first kappa shape index (κ1) is 104. The average Bonchev–Trinajstić information content (AvgIpc) is 0.803. The summed E-state index contributed by atoms with van der Waals surface area (Å²) < 4.78 is 51.1. The number of hydrogen-bond acceptors (Lipinski definition) is 28. The predicted molar refractivity (Wildman–Crippen MR) is 514 cm³/mol. The van der Waals surface area contributed by atoms with E-state index in [1.54, 1.807) is 130 Å². The van der Waals surface area contributed by atoms with E-state index in [4.69, 9.17) is 42.6 Å². The third kappa shape index (κ3) is 26.1. The Kier molecular flexibility index (Phi) is 37.5. The van der Waals surface area contributed by atoms with Crippen LogP contribution in [0.2, 0.25) is 0 Å². The Hall–Kier alpha value is -15.7. The number of aromatic hydroxyl groups is 9. The van der Waals surface area contributed by atoms with Gasteiger partial charge in [-0.25, -0.2) is 0 Å². The summed E-state index contributed by atoms with van der Waals surface area (Å²) in [5.74, 6) is 0.767. The van der Waals surface area contributed by atoms with Gasteiger partial charge in [0.05, 0.1) is 132 Å². The molecule has 10 aromatic rings. The number of rotatable bonds is 28. The van der Waals surface area contributed by atoms with Crippen LogP contribution in [0.15, 0.2) is 195 Å². The van der Waals surface area contributed by atoms with E-state index >= 15 is 0 Å². The lowest BCUT2D eigenvalue weighted by molar-refractivity contribution is -0.0539. The highest BCUT2D eigenvalue weighted by Gasteiger charge is 2.37. The van der Waals surface area contributed by atoms with Crippen molar-refractivity contribution in [2.75, 3.05) is 112 Å². The van der Waals surface area contributed by atoms with Crippen molar-refractivity contribution >= 4 is 73.1 Å². The molecule has 5 heterocycles. The lowest BCUT2D eigenvalue weighted by atomic mass is 9.97. The maximum Gasteiger partial charge on any atom is 0.257 e. The minimum absolute atomic E-state index is 0.00865. The zero-order valence-corrected chi connectivity index (χ0v) is 77.6.